The van der Waals surface area contributed by atoms with Crippen LogP contribution in [0, 0.1) is 10.1 Å². The standard InChI is InChI=1S/C21H25N3O6S/c1-15-13-23(31(28,29)18-11-9-17(10-12-18)24(26)27)19-8-6-5-7-16(19)14-22(15)20(25)30-21(2,3)4/h5-12,15H,13-14H2,1-4H3. The van der Waals surface area contributed by atoms with Crippen molar-refractivity contribution in [1.29, 1.82) is 0 Å². The van der Waals surface area contributed by atoms with E-state index in [-0.39, 0.29) is 23.7 Å². The van der Waals surface area contributed by atoms with Crippen molar-refractivity contribution in [1.82, 2.24) is 4.90 Å². The van der Waals surface area contributed by atoms with Gasteiger partial charge in [-0.2, -0.15) is 0 Å². The molecule has 10 heteroatoms. The van der Waals surface area contributed by atoms with Gasteiger partial charge in [0.2, 0.25) is 0 Å². The minimum atomic E-state index is -4.03. The Balaban J connectivity index is 2.02. The topological polar surface area (TPSA) is 110 Å². The van der Waals surface area contributed by atoms with Crippen LogP contribution in [0.3, 0.4) is 0 Å². The fourth-order valence-corrected chi connectivity index (χ4v) is 4.91. The van der Waals surface area contributed by atoms with Gasteiger partial charge >= 0.3 is 6.09 Å². The Morgan fingerprint density at radius 1 is 1.13 bits per heavy atom. The quantitative estimate of drug-likeness (QED) is 0.521. The number of nitro benzene ring substituents is 1. The second-order valence-electron chi connectivity index (χ2n) is 8.37. The SMILES string of the molecule is CC1CN(S(=O)(=O)c2ccc([N+](=O)[O-])cc2)c2ccccc2CN1C(=O)OC(C)(C)C. The molecule has 1 amide bonds. The number of para-hydroxylation sites is 1. The van der Waals surface area contributed by atoms with Crippen LogP contribution < -0.4 is 4.31 Å². The fourth-order valence-electron chi connectivity index (χ4n) is 3.32. The van der Waals surface area contributed by atoms with Gasteiger partial charge in [-0.15, -0.1) is 0 Å². The van der Waals surface area contributed by atoms with Crippen LogP contribution in [-0.4, -0.2) is 42.5 Å². The summed E-state index contributed by atoms with van der Waals surface area (Å²) in [6.07, 6.45) is -0.524. The summed E-state index contributed by atoms with van der Waals surface area (Å²) in [5.74, 6) is 0. The molecule has 1 atom stereocenters. The molecule has 1 unspecified atom stereocenters. The number of hydrogen-bond acceptors (Lipinski definition) is 6. The van der Waals surface area contributed by atoms with Gasteiger partial charge in [0.15, 0.2) is 0 Å². The highest BCUT2D eigenvalue weighted by molar-refractivity contribution is 7.92. The molecule has 0 fully saturated rings. The zero-order valence-electron chi connectivity index (χ0n) is 17.8. The van der Waals surface area contributed by atoms with Crippen LogP contribution in [0.15, 0.2) is 53.4 Å². The average Bonchev–Trinajstić information content (AvgIpc) is 2.84. The number of non-ortho nitro benzene ring substituents is 1. The molecule has 1 aliphatic rings. The second-order valence-corrected chi connectivity index (χ2v) is 10.2. The van der Waals surface area contributed by atoms with Crippen LogP contribution in [0.2, 0.25) is 0 Å². The predicted molar refractivity (Wildman–Crippen MR) is 115 cm³/mol. The molecular weight excluding hydrogens is 422 g/mol. The number of ether oxygens (including phenoxy) is 1. The van der Waals surface area contributed by atoms with Crippen molar-refractivity contribution in [2.75, 3.05) is 10.8 Å². The molecule has 0 aliphatic carbocycles. The van der Waals surface area contributed by atoms with E-state index in [0.29, 0.717) is 11.3 Å². The summed E-state index contributed by atoms with van der Waals surface area (Å²) in [7, 11) is -4.03. The molecule has 166 valence electrons. The molecule has 31 heavy (non-hydrogen) atoms. The van der Waals surface area contributed by atoms with Gasteiger partial charge in [-0.05, 0) is 51.5 Å². The van der Waals surface area contributed by atoms with Crippen LogP contribution in [0.5, 0.6) is 0 Å². The molecule has 0 radical (unpaired) electrons. The van der Waals surface area contributed by atoms with E-state index >= 15 is 0 Å². The van der Waals surface area contributed by atoms with Gasteiger partial charge in [-0.25, -0.2) is 13.2 Å². The highest BCUT2D eigenvalue weighted by Crippen LogP contribution is 2.33. The summed E-state index contributed by atoms with van der Waals surface area (Å²) in [4.78, 5) is 24.6. The van der Waals surface area contributed by atoms with Gasteiger partial charge in [0, 0.05) is 12.1 Å². The molecule has 0 N–H and O–H groups in total. The van der Waals surface area contributed by atoms with Crippen LogP contribution in [0.1, 0.15) is 33.3 Å². The Morgan fingerprint density at radius 3 is 2.32 bits per heavy atom. The molecule has 2 aromatic carbocycles. The van der Waals surface area contributed by atoms with E-state index in [4.69, 9.17) is 4.74 Å². The molecule has 1 heterocycles. The largest absolute Gasteiger partial charge is 0.444 e. The van der Waals surface area contributed by atoms with E-state index in [2.05, 4.69) is 0 Å². The number of hydrogen-bond donors (Lipinski definition) is 0. The van der Waals surface area contributed by atoms with Crippen LogP contribution in [-0.2, 0) is 21.3 Å². The number of fused-ring (bicyclic) bond motifs is 1. The minimum absolute atomic E-state index is 0.00950. The van der Waals surface area contributed by atoms with Crippen molar-refractivity contribution in [3.63, 3.8) is 0 Å². The van der Waals surface area contributed by atoms with Gasteiger partial charge < -0.3 is 4.74 Å². The second kappa shape index (κ2) is 8.18. The van der Waals surface area contributed by atoms with E-state index in [1.54, 1.807) is 52.0 Å². The summed E-state index contributed by atoms with van der Waals surface area (Å²) >= 11 is 0. The number of anilines is 1. The number of rotatable bonds is 3. The lowest BCUT2D eigenvalue weighted by Crippen LogP contribution is -2.46. The summed E-state index contributed by atoms with van der Waals surface area (Å²) < 4.78 is 33.7. The smallest absolute Gasteiger partial charge is 0.410 e. The van der Waals surface area contributed by atoms with Gasteiger partial charge in [0.25, 0.3) is 15.7 Å². The van der Waals surface area contributed by atoms with E-state index in [9.17, 15) is 23.3 Å². The lowest BCUT2D eigenvalue weighted by Gasteiger charge is -2.31. The number of carbonyl (C=O) groups excluding carboxylic acids is 1. The maximum absolute atomic E-state index is 13.5. The van der Waals surface area contributed by atoms with Gasteiger partial charge in [0.1, 0.15) is 5.60 Å². The predicted octanol–water partition coefficient (Wildman–Crippen LogP) is 3.93. The van der Waals surface area contributed by atoms with Crippen molar-refractivity contribution < 1.29 is 22.9 Å². The number of nitrogens with zero attached hydrogens (tertiary/aromatic N) is 3. The Morgan fingerprint density at radius 2 is 1.74 bits per heavy atom. The Kier molecular flexibility index (Phi) is 5.95. The molecule has 0 spiro atoms. The maximum atomic E-state index is 13.5. The summed E-state index contributed by atoms with van der Waals surface area (Å²) in [6, 6.07) is 11.2. The third kappa shape index (κ3) is 4.79. The van der Waals surface area contributed by atoms with Crippen molar-refractivity contribution in [2.24, 2.45) is 0 Å². The van der Waals surface area contributed by atoms with E-state index in [1.807, 2.05) is 0 Å². The van der Waals surface area contributed by atoms with Gasteiger partial charge in [-0.3, -0.25) is 19.3 Å². The average molecular weight is 448 g/mol. The highest BCUT2D eigenvalue weighted by Gasteiger charge is 2.36. The van der Waals surface area contributed by atoms with Crippen LogP contribution in [0.4, 0.5) is 16.2 Å². The van der Waals surface area contributed by atoms with Crippen LogP contribution in [0.25, 0.3) is 0 Å². The first kappa shape index (κ1) is 22.5. The first-order chi connectivity index (χ1) is 14.4. The van der Waals surface area contributed by atoms with Crippen molar-refractivity contribution in [2.45, 2.75) is 50.8 Å². The monoisotopic (exact) mass is 447 g/mol. The Bertz CT molecular complexity index is 1090. The normalized spacial score (nSPS) is 17.0. The highest BCUT2D eigenvalue weighted by atomic mass is 32.2. The number of amides is 1. The molecule has 0 saturated heterocycles. The lowest BCUT2D eigenvalue weighted by atomic mass is 10.1. The molecular formula is C21H25N3O6S. The van der Waals surface area contributed by atoms with Crippen molar-refractivity contribution >= 4 is 27.5 Å². The number of sulfonamides is 1. The molecule has 9 nitrogen and oxygen atoms in total. The third-order valence-electron chi connectivity index (χ3n) is 4.83. The molecule has 2 aromatic rings. The fraction of sp³-hybridized carbons (Fsp3) is 0.381. The maximum Gasteiger partial charge on any atom is 0.410 e. The first-order valence-electron chi connectivity index (χ1n) is 9.75. The van der Waals surface area contributed by atoms with E-state index in [0.717, 1.165) is 12.1 Å². The molecule has 1 aliphatic heterocycles. The Hall–Kier alpha value is -3.14. The molecule has 3 rings (SSSR count). The summed E-state index contributed by atoms with van der Waals surface area (Å²) in [5.41, 5.74) is 0.231. The van der Waals surface area contributed by atoms with Crippen molar-refractivity contribution in [3.8, 4) is 0 Å². The van der Waals surface area contributed by atoms with Crippen molar-refractivity contribution in [3.05, 3.63) is 64.2 Å². The summed E-state index contributed by atoms with van der Waals surface area (Å²) in [5, 5.41) is 10.9. The zero-order chi connectivity index (χ0) is 23.0. The van der Waals surface area contributed by atoms with Crippen LogP contribution >= 0.6 is 0 Å². The van der Waals surface area contributed by atoms with E-state index < -0.39 is 32.7 Å². The molecule has 0 aromatic heterocycles. The van der Waals surface area contributed by atoms with Gasteiger partial charge in [0.05, 0.1) is 34.6 Å². The van der Waals surface area contributed by atoms with E-state index in [1.165, 1.54) is 21.3 Å². The number of benzene rings is 2. The molecule has 0 saturated carbocycles. The number of carbonyl (C=O) groups is 1. The summed E-state index contributed by atoms with van der Waals surface area (Å²) in [6.45, 7) is 7.27. The minimum Gasteiger partial charge on any atom is -0.444 e. The molecule has 0 bridgehead atoms. The lowest BCUT2D eigenvalue weighted by molar-refractivity contribution is -0.384. The Labute approximate surface area is 181 Å². The zero-order valence-corrected chi connectivity index (χ0v) is 18.6. The third-order valence-corrected chi connectivity index (χ3v) is 6.62. The number of nitro groups is 1. The first-order valence-corrected chi connectivity index (χ1v) is 11.2. The van der Waals surface area contributed by atoms with Gasteiger partial charge in [-0.1, -0.05) is 18.2 Å².